The lowest BCUT2D eigenvalue weighted by molar-refractivity contribution is -0.136. The average Bonchev–Trinajstić information content (AvgIpc) is 3.05. The molecule has 1 aromatic heterocycles. The van der Waals surface area contributed by atoms with Gasteiger partial charge in [-0.2, -0.15) is 0 Å². The second kappa shape index (κ2) is 8.14. The first-order valence-corrected chi connectivity index (χ1v) is 10.1. The Bertz CT molecular complexity index is 1130. The SMILES string of the molecule is CCOC(=O)C1=CN(C(=O)c2ccc(F)cc2)CC(CC)c2c1[nH]c1ccccc21. The maximum atomic E-state index is 13.3. The van der Waals surface area contributed by atoms with Gasteiger partial charge in [0.2, 0.25) is 0 Å². The maximum Gasteiger partial charge on any atom is 0.341 e. The lowest BCUT2D eigenvalue weighted by Crippen LogP contribution is -2.29. The minimum Gasteiger partial charge on any atom is -0.462 e. The van der Waals surface area contributed by atoms with Crippen LogP contribution in [0.1, 0.15) is 47.8 Å². The zero-order chi connectivity index (χ0) is 21.3. The Kier molecular flexibility index (Phi) is 5.40. The zero-order valence-electron chi connectivity index (χ0n) is 16.9. The molecule has 1 aliphatic rings. The fourth-order valence-electron chi connectivity index (χ4n) is 4.00. The van der Waals surface area contributed by atoms with Crippen LogP contribution in [0.5, 0.6) is 0 Å². The summed E-state index contributed by atoms with van der Waals surface area (Å²) in [5.74, 6) is -1.16. The van der Waals surface area contributed by atoms with Crippen molar-refractivity contribution in [3.05, 3.63) is 77.4 Å². The van der Waals surface area contributed by atoms with Crippen molar-refractivity contribution in [1.82, 2.24) is 9.88 Å². The molecule has 0 bridgehead atoms. The molecule has 3 aromatic rings. The smallest absolute Gasteiger partial charge is 0.341 e. The van der Waals surface area contributed by atoms with Gasteiger partial charge in [0.1, 0.15) is 5.82 Å². The first-order chi connectivity index (χ1) is 14.5. The van der Waals surface area contributed by atoms with Crippen LogP contribution in [-0.2, 0) is 9.53 Å². The van der Waals surface area contributed by atoms with Crippen molar-refractivity contribution >= 4 is 28.4 Å². The molecule has 0 aliphatic carbocycles. The first kappa shape index (κ1) is 19.9. The van der Waals surface area contributed by atoms with Crippen LogP contribution in [0, 0.1) is 5.82 Å². The van der Waals surface area contributed by atoms with Crippen molar-refractivity contribution < 1.29 is 18.7 Å². The summed E-state index contributed by atoms with van der Waals surface area (Å²) in [6, 6.07) is 13.3. The molecule has 30 heavy (non-hydrogen) atoms. The van der Waals surface area contributed by atoms with E-state index in [0.29, 0.717) is 23.4 Å². The highest BCUT2D eigenvalue weighted by Gasteiger charge is 2.32. The number of amides is 1. The van der Waals surface area contributed by atoms with Gasteiger partial charge in [-0.25, -0.2) is 9.18 Å². The summed E-state index contributed by atoms with van der Waals surface area (Å²) in [6.45, 7) is 4.45. The molecule has 154 valence electrons. The third-order valence-electron chi connectivity index (χ3n) is 5.47. The molecular weight excluding hydrogens is 383 g/mol. The largest absolute Gasteiger partial charge is 0.462 e. The van der Waals surface area contributed by atoms with Crippen molar-refractivity contribution in [3.63, 3.8) is 0 Å². The molecule has 2 heterocycles. The fraction of sp³-hybridized carbons (Fsp3) is 0.250. The Morgan fingerprint density at radius 2 is 1.87 bits per heavy atom. The van der Waals surface area contributed by atoms with E-state index in [4.69, 9.17) is 4.74 Å². The van der Waals surface area contributed by atoms with E-state index in [1.54, 1.807) is 13.1 Å². The molecule has 1 unspecified atom stereocenters. The minimum absolute atomic E-state index is 0.0173. The number of nitrogens with zero attached hydrogens (tertiary/aromatic N) is 1. The Morgan fingerprint density at radius 1 is 1.13 bits per heavy atom. The molecule has 5 nitrogen and oxygen atoms in total. The molecule has 0 radical (unpaired) electrons. The number of hydrogen-bond donors (Lipinski definition) is 1. The standard InChI is InChI=1S/C24H23FN2O3/c1-3-15-13-27(23(28)16-9-11-17(25)12-10-16)14-19(24(29)30-4-2)22-21(15)18-7-5-6-8-20(18)26-22/h5-12,14-15,26H,3-4,13H2,1-2H3. The number of aromatic amines is 1. The zero-order valence-corrected chi connectivity index (χ0v) is 16.9. The van der Waals surface area contributed by atoms with Gasteiger partial charge in [-0.05, 0) is 49.2 Å². The number of carbonyl (C=O) groups is 2. The van der Waals surface area contributed by atoms with Crippen LogP contribution in [0.3, 0.4) is 0 Å². The number of aromatic nitrogens is 1. The molecule has 1 N–H and O–H groups in total. The molecule has 1 aliphatic heterocycles. The number of H-pyrrole nitrogens is 1. The molecule has 2 aromatic carbocycles. The van der Waals surface area contributed by atoms with Crippen LogP contribution < -0.4 is 0 Å². The number of hydrogen-bond acceptors (Lipinski definition) is 3. The number of rotatable bonds is 4. The molecule has 0 saturated heterocycles. The monoisotopic (exact) mass is 406 g/mol. The van der Waals surface area contributed by atoms with Crippen LogP contribution in [-0.4, -0.2) is 34.9 Å². The number of esters is 1. The number of ether oxygens (including phenoxy) is 1. The summed E-state index contributed by atoms with van der Waals surface area (Å²) >= 11 is 0. The number of nitrogens with one attached hydrogen (secondary N) is 1. The lowest BCUT2D eigenvalue weighted by atomic mass is 9.92. The van der Waals surface area contributed by atoms with Crippen molar-refractivity contribution in [2.75, 3.05) is 13.2 Å². The summed E-state index contributed by atoms with van der Waals surface area (Å²) in [5, 5.41) is 1.03. The molecule has 0 fully saturated rings. The highest BCUT2D eigenvalue weighted by Crippen LogP contribution is 2.38. The highest BCUT2D eigenvalue weighted by molar-refractivity contribution is 6.18. The van der Waals surface area contributed by atoms with Crippen molar-refractivity contribution in [2.45, 2.75) is 26.2 Å². The number of benzene rings is 2. The van der Waals surface area contributed by atoms with Crippen LogP contribution in [0.15, 0.2) is 54.7 Å². The molecule has 4 rings (SSSR count). The molecule has 1 atom stereocenters. The van der Waals surface area contributed by atoms with E-state index in [0.717, 1.165) is 22.9 Å². The van der Waals surface area contributed by atoms with Gasteiger partial charge >= 0.3 is 5.97 Å². The van der Waals surface area contributed by atoms with E-state index in [2.05, 4.69) is 11.9 Å². The van der Waals surface area contributed by atoms with Crippen LogP contribution in [0.4, 0.5) is 4.39 Å². The van der Waals surface area contributed by atoms with Gasteiger partial charge in [-0.15, -0.1) is 0 Å². The second-order valence-corrected chi connectivity index (χ2v) is 7.29. The normalized spacial score (nSPS) is 16.0. The van der Waals surface area contributed by atoms with E-state index < -0.39 is 11.8 Å². The number of fused-ring (bicyclic) bond motifs is 3. The van der Waals surface area contributed by atoms with Crippen LogP contribution in [0.2, 0.25) is 0 Å². The number of carbonyl (C=O) groups excluding carboxylic acids is 2. The summed E-state index contributed by atoms with van der Waals surface area (Å²) in [7, 11) is 0. The van der Waals surface area contributed by atoms with Gasteiger partial charge < -0.3 is 14.6 Å². The molecule has 0 saturated carbocycles. The molecule has 0 spiro atoms. The summed E-state index contributed by atoms with van der Waals surface area (Å²) in [6.07, 6.45) is 2.35. The fourth-order valence-corrected chi connectivity index (χ4v) is 4.00. The average molecular weight is 406 g/mol. The minimum atomic E-state index is -0.487. The van der Waals surface area contributed by atoms with Crippen LogP contribution >= 0.6 is 0 Å². The number of para-hydroxylation sites is 1. The lowest BCUT2D eigenvalue weighted by Gasteiger charge is -2.23. The predicted molar refractivity (Wildman–Crippen MR) is 113 cm³/mol. The third kappa shape index (κ3) is 3.49. The first-order valence-electron chi connectivity index (χ1n) is 10.1. The molecular formula is C24H23FN2O3. The van der Waals surface area contributed by atoms with E-state index in [9.17, 15) is 14.0 Å². The van der Waals surface area contributed by atoms with Crippen molar-refractivity contribution in [1.29, 1.82) is 0 Å². The quantitative estimate of drug-likeness (QED) is 0.630. The van der Waals surface area contributed by atoms with Gasteiger partial charge in [0.25, 0.3) is 5.91 Å². The predicted octanol–water partition coefficient (Wildman–Crippen LogP) is 4.86. The number of halogens is 1. The Hall–Kier alpha value is -3.41. The topological polar surface area (TPSA) is 62.4 Å². The highest BCUT2D eigenvalue weighted by atomic mass is 19.1. The van der Waals surface area contributed by atoms with E-state index >= 15 is 0 Å². The molecule has 1 amide bonds. The Morgan fingerprint density at radius 3 is 2.57 bits per heavy atom. The van der Waals surface area contributed by atoms with E-state index in [-0.39, 0.29) is 18.4 Å². The van der Waals surface area contributed by atoms with Gasteiger partial charge in [0.05, 0.1) is 17.9 Å². The summed E-state index contributed by atoms with van der Waals surface area (Å²) in [5.41, 5.74) is 3.32. The van der Waals surface area contributed by atoms with Crippen molar-refractivity contribution in [2.24, 2.45) is 0 Å². The second-order valence-electron chi connectivity index (χ2n) is 7.29. The Balaban J connectivity index is 1.86. The van der Waals surface area contributed by atoms with Gasteiger partial charge in [0.15, 0.2) is 0 Å². The third-order valence-corrected chi connectivity index (χ3v) is 5.47. The van der Waals surface area contributed by atoms with E-state index in [1.807, 2.05) is 24.3 Å². The van der Waals surface area contributed by atoms with E-state index in [1.165, 1.54) is 29.2 Å². The van der Waals surface area contributed by atoms with Gasteiger partial charge in [0, 0.05) is 35.1 Å². The maximum absolute atomic E-state index is 13.3. The van der Waals surface area contributed by atoms with Gasteiger partial charge in [-0.3, -0.25) is 4.79 Å². The van der Waals surface area contributed by atoms with Crippen molar-refractivity contribution in [3.8, 4) is 0 Å². The van der Waals surface area contributed by atoms with Gasteiger partial charge in [-0.1, -0.05) is 25.1 Å². The summed E-state index contributed by atoms with van der Waals surface area (Å²) < 4.78 is 18.6. The Labute approximate surface area is 174 Å². The van der Waals surface area contributed by atoms with Crippen LogP contribution in [0.25, 0.3) is 16.5 Å². The summed E-state index contributed by atoms with van der Waals surface area (Å²) in [4.78, 5) is 30.9. The molecule has 6 heteroatoms.